The van der Waals surface area contributed by atoms with Crippen LogP contribution in [0.3, 0.4) is 0 Å². The Morgan fingerprint density at radius 2 is 1.71 bits per heavy atom. The highest BCUT2D eigenvalue weighted by Gasteiger charge is 2.39. The van der Waals surface area contributed by atoms with E-state index in [0.29, 0.717) is 24.4 Å². The summed E-state index contributed by atoms with van der Waals surface area (Å²) in [4.78, 5) is 40.5. The Hall–Kier alpha value is -3.13. The maximum absolute atomic E-state index is 12.9. The summed E-state index contributed by atoms with van der Waals surface area (Å²) in [5.74, 6) is -0.440. The molecule has 0 aromatic heterocycles. The Labute approximate surface area is 196 Å². The van der Waals surface area contributed by atoms with E-state index in [1.807, 2.05) is 12.1 Å². The maximum atomic E-state index is 12.9. The third kappa shape index (κ3) is 4.46. The normalized spacial score (nSPS) is 21.8. The van der Waals surface area contributed by atoms with Crippen LogP contribution in [0, 0.1) is 0 Å². The minimum Gasteiger partial charge on any atom is -0.322 e. The largest absolute Gasteiger partial charge is 0.322 e. The Morgan fingerprint density at radius 1 is 0.971 bits per heavy atom. The van der Waals surface area contributed by atoms with Crippen molar-refractivity contribution in [1.82, 2.24) is 15.1 Å². The third-order valence-electron chi connectivity index (χ3n) is 7.24. The van der Waals surface area contributed by atoms with Gasteiger partial charge in [0.1, 0.15) is 6.04 Å². The Balaban J connectivity index is 1.20. The maximum Gasteiger partial charge on any atom is 0.263 e. The fraction of sp³-hybridized carbons (Fsp3) is 0.423. The molecule has 0 bridgehead atoms. The first-order chi connectivity index (χ1) is 16.4. The van der Waals surface area contributed by atoms with Crippen molar-refractivity contribution in [1.29, 1.82) is 0 Å². The number of halogens is 2. The van der Waals surface area contributed by atoms with Gasteiger partial charge in [0.15, 0.2) is 0 Å². The van der Waals surface area contributed by atoms with Crippen LogP contribution in [0.4, 0.5) is 8.78 Å². The second kappa shape index (κ2) is 9.25. The van der Waals surface area contributed by atoms with Gasteiger partial charge in [0.2, 0.25) is 11.8 Å². The van der Waals surface area contributed by atoms with Crippen LogP contribution in [0.15, 0.2) is 42.5 Å². The quantitative estimate of drug-likeness (QED) is 0.680. The van der Waals surface area contributed by atoms with Crippen molar-refractivity contribution < 1.29 is 23.2 Å². The highest BCUT2D eigenvalue weighted by molar-refractivity contribution is 6.05. The number of nitrogens with zero attached hydrogens (tertiary/aromatic N) is 2. The molecule has 1 atom stereocenters. The van der Waals surface area contributed by atoms with Gasteiger partial charge in [-0.1, -0.05) is 36.4 Å². The summed E-state index contributed by atoms with van der Waals surface area (Å²) in [6, 6.07) is 11.9. The summed E-state index contributed by atoms with van der Waals surface area (Å²) in [6.45, 7) is 2.97. The highest BCUT2D eigenvalue weighted by atomic mass is 19.3. The number of likely N-dealkylation sites (tertiary alicyclic amines) is 1. The average molecular weight is 468 g/mol. The molecule has 178 valence electrons. The minimum atomic E-state index is -2.44. The molecule has 2 aromatic rings. The van der Waals surface area contributed by atoms with Crippen molar-refractivity contribution in [3.05, 3.63) is 70.3 Å². The molecule has 3 amide bonds. The van der Waals surface area contributed by atoms with Crippen LogP contribution in [0.25, 0.3) is 0 Å². The molecule has 3 aliphatic rings. The standard InChI is InChI=1S/C26H27F2N3O3/c27-24(28)18-3-1-16(2-4-18)14-30-11-9-17(10-12-30)19-5-6-21-20(13-19)15-31(26(21)34)22-7-8-23(32)29-25(22)33/h1-6,13,17,22,24H,7-12,14-15H2,(H,29,32,33). The van der Waals surface area contributed by atoms with Gasteiger partial charge in [0, 0.05) is 30.6 Å². The molecule has 0 radical (unpaired) electrons. The van der Waals surface area contributed by atoms with Crippen LogP contribution < -0.4 is 5.32 Å². The van der Waals surface area contributed by atoms with Gasteiger partial charge in [-0.15, -0.1) is 0 Å². The van der Waals surface area contributed by atoms with Crippen molar-refractivity contribution in [3.8, 4) is 0 Å². The molecule has 1 N–H and O–H groups in total. The topological polar surface area (TPSA) is 69.7 Å². The number of carbonyl (C=O) groups is 3. The Bertz CT molecular complexity index is 1110. The Kier molecular flexibility index (Phi) is 6.16. The number of piperidine rings is 2. The molecule has 2 saturated heterocycles. The summed E-state index contributed by atoms with van der Waals surface area (Å²) >= 11 is 0. The highest BCUT2D eigenvalue weighted by Crippen LogP contribution is 2.34. The summed E-state index contributed by atoms with van der Waals surface area (Å²) in [5, 5.41) is 2.34. The van der Waals surface area contributed by atoms with Crippen molar-refractivity contribution in [2.24, 2.45) is 0 Å². The van der Waals surface area contributed by atoms with Crippen LogP contribution in [-0.4, -0.2) is 46.7 Å². The lowest BCUT2D eigenvalue weighted by atomic mass is 9.87. The molecule has 0 spiro atoms. The van der Waals surface area contributed by atoms with Crippen molar-refractivity contribution in [2.75, 3.05) is 13.1 Å². The smallest absolute Gasteiger partial charge is 0.263 e. The average Bonchev–Trinajstić information content (AvgIpc) is 3.15. The van der Waals surface area contributed by atoms with Crippen LogP contribution in [-0.2, 0) is 22.7 Å². The van der Waals surface area contributed by atoms with Gasteiger partial charge in [0.25, 0.3) is 12.3 Å². The van der Waals surface area contributed by atoms with E-state index in [9.17, 15) is 23.2 Å². The molecule has 3 heterocycles. The third-order valence-corrected chi connectivity index (χ3v) is 7.24. The van der Waals surface area contributed by atoms with E-state index >= 15 is 0 Å². The van der Waals surface area contributed by atoms with E-state index in [1.54, 1.807) is 17.0 Å². The van der Waals surface area contributed by atoms with Crippen LogP contribution >= 0.6 is 0 Å². The molecular weight excluding hydrogens is 440 g/mol. The van der Waals surface area contributed by atoms with E-state index in [2.05, 4.69) is 16.3 Å². The lowest BCUT2D eigenvalue weighted by molar-refractivity contribution is -0.136. The first-order valence-corrected chi connectivity index (χ1v) is 11.8. The number of carbonyl (C=O) groups excluding carboxylic acids is 3. The van der Waals surface area contributed by atoms with E-state index in [-0.39, 0.29) is 23.8 Å². The molecule has 5 rings (SSSR count). The number of hydrogen-bond donors (Lipinski definition) is 1. The number of hydrogen-bond acceptors (Lipinski definition) is 4. The predicted octanol–water partition coefficient (Wildman–Crippen LogP) is 3.76. The van der Waals surface area contributed by atoms with Gasteiger partial charge in [-0.3, -0.25) is 24.6 Å². The number of fused-ring (bicyclic) bond motifs is 1. The summed E-state index contributed by atoms with van der Waals surface area (Å²) in [7, 11) is 0. The zero-order chi connectivity index (χ0) is 23.8. The van der Waals surface area contributed by atoms with E-state index in [1.165, 1.54) is 17.7 Å². The molecule has 34 heavy (non-hydrogen) atoms. The molecule has 3 aliphatic heterocycles. The van der Waals surface area contributed by atoms with Gasteiger partial charge in [-0.2, -0.15) is 0 Å². The summed E-state index contributed by atoms with van der Waals surface area (Å²) in [6.07, 6.45) is 0.137. The lowest BCUT2D eigenvalue weighted by Gasteiger charge is -2.32. The van der Waals surface area contributed by atoms with Gasteiger partial charge < -0.3 is 4.90 Å². The number of benzene rings is 2. The Morgan fingerprint density at radius 3 is 2.38 bits per heavy atom. The molecule has 1 unspecified atom stereocenters. The number of rotatable bonds is 5. The van der Waals surface area contributed by atoms with E-state index in [4.69, 9.17) is 0 Å². The van der Waals surface area contributed by atoms with Gasteiger partial charge in [-0.05, 0) is 61.0 Å². The molecule has 6 nitrogen and oxygen atoms in total. The summed E-state index contributed by atoms with van der Waals surface area (Å²) in [5.41, 5.74) is 3.87. The molecule has 0 saturated carbocycles. The number of imide groups is 1. The van der Waals surface area contributed by atoms with Gasteiger partial charge >= 0.3 is 0 Å². The number of nitrogens with one attached hydrogen (secondary N) is 1. The second-order valence-electron chi connectivity index (χ2n) is 9.41. The van der Waals surface area contributed by atoms with Crippen LogP contribution in [0.1, 0.15) is 70.6 Å². The molecular formula is C26H27F2N3O3. The molecule has 8 heteroatoms. The van der Waals surface area contributed by atoms with Gasteiger partial charge in [-0.25, -0.2) is 8.78 Å². The van der Waals surface area contributed by atoms with E-state index < -0.39 is 18.4 Å². The summed E-state index contributed by atoms with van der Waals surface area (Å²) < 4.78 is 25.5. The van der Waals surface area contributed by atoms with Crippen molar-refractivity contribution in [2.45, 2.75) is 57.2 Å². The fourth-order valence-electron chi connectivity index (χ4n) is 5.30. The molecule has 2 aromatic carbocycles. The molecule has 0 aliphatic carbocycles. The lowest BCUT2D eigenvalue weighted by Crippen LogP contribution is -2.52. The first-order valence-electron chi connectivity index (χ1n) is 11.8. The van der Waals surface area contributed by atoms with E-state index in [0.717, 1.165) is 43.6 Å². The number of amides is 3. The first kappa shape index (κ1) is 22.7. The van der Waals surface area contributed by atoms with Crippen LogP contribution in [0.2, 0.25) is 0 Å². The predicted molar refractivity (Wildman–Crippen MR) is 121 cm³/mol. The zero-order valence-corrected chi connectivity index (χ0v) is 18.8. The van der Waals surface area contributed by atoms with Gasteiger partial charge in [0.05, 0.1) is 0 Å². The van der Waals surface area contributed by atoms with Crippen molar-refractivity contribution >= 4 is 17.7 Å². The second-order valence-corrected chi connectivity index (χ2v) is 9.41. The molecule has 2 fully saturated rings. The zero-order valence-electron chi connectivity index (χ0n) is 18.8. The monoisotopic (exact) mass is 467 g/mol. The van der Waals surface area contributed by atoms with Crippen molar-refractivity contribution in [3.63, 3.8) is 0 Å². The SMILES string of the molecule is O=C1CCC(N2Cc3cc(C4CCN(Cc5ccc(C(F)F)cc5)CC4)ccc3C2=O)C(=O)N1. The number of alkyl halides is 2. The minimum absolute atomic E-state index is 0.0497. The fourth-order valence-corrected chi connectivity index (χ4v) is 5.30. The van der Waals surface area contributed by atoms with Crippen LogP contribution in [0.5, 0.6) is 0 Å².